The fourth-order valence-electron chi connectivity index (χ4n) is 4.48. The first-order chi connectivity index (χ1) is 17.0. The molecular weight excluding hydrogens is 468 g/mol. The Morgan fingerprint density at radius 1 is 0.750 bits per heavy atom. The second-order valence-electron chi connectivity index (χ2n) is 8.72. The lowest BCUT2D eigenvalue weighted by Crippen LogP contribution is -2.44. The number of rotatable bonds is 8. The molecule has 0 aromatic rings. The van der Waals surface area contributed by atoms with E-state index in [1.54, 1.807) is 22.8 Å². The quantitative estimate of drug-likeness (QED) is 0.378. The van der Waals surface area contributed by atoms with Crippen LogP contribution in [0, 0.1) is 0 Å². The predicted octanol–water partition coefficient (Wildman–Crippen LogP) is -0.257. The van der Waals surface area contributed by atoms with E-state index in [2.05, 4.69) is 0 Å². The first-order valence-corrected chi connectivity index (χ1v) is 12.4. The van der Waals surface area contributed by atoms with Crippen LogP contribution in [0.3, 0.4) is 0 Å². The van der Waals surface area contributed by atoms with Crippen molar-refractivity contribution in [2.45, 2.75) is 84.2 Å². The second kappa shape index (κ2) is 14.8. The van der Waals surface area contributed by atoms with E-state index >= 15 is 0 Å². The Morgan fingerprint density at radius 3 is 1.36 bits per heavy atom. The van der Waals surface area contributed by atoms with E-state index in [-0.39, 0.29) is 29.8 Å². The lowest BCUT2D eigenvalue weighted by Gasteiger charge is -2.23. The minimum Gasteiger partial charge on any atom is -0.368 e. The summed E-state index contributed by atoms with van der Waals surface area (Å²) in [4.78, 5) is 70.8. The van der Waals surface area contributed by atoms with Crippen LogP contribution in [0.5, 0.6) is 0 Å². The summed E-state index contributed by atoms with van der Waals surface area (Å²) in [7, 11) is 0. The van der Waals surface area contributed by atoms with Crippen molar-refractivity contribution < 1.29 is 28.8 Å². The molecule has 2 atom stereocenters. The SMILES string of the molecule is CC=C(C(N)=O)N1CCCC1=O.CCC(C(N)=O)N1CCCC1=O.CC[C@@H](C(N)=O)N1CCCC1=O. The first-order valence-electron chi connectivity index (χ1n) is 12.4. The highest BCUT2D eigenvalue weighted by atomic mass is 16.2. The maximum atomic E-state index is 11.2. The summed E-state index contributed by atoms with van der Waals surface area (Å²) >= 11 is 0. The minimum atomic E-state index is -0.534. The van der Waals surface area contributed by atoms with Gasteiger partial charge in [-0.1, -0.05) is 19.9 Å². The lowest BCUT2D eigenvalue weighted by molar-refractivity contribution is -0.136. The van der Waals surface area contributed by atoms with Crippen molar-refractivity contribution in [3.63, 3.8) is 0 Å². The van der Waals surface area contributed by atoms with Gasteiger partial charge in [0.25, 0.3) is 5.91 Å². The number of carbonyl (C=O) groups excluding carboxylic acids is 6. The van der Waals surface area contributed by atoms with Crippen LogP contribution in [0.2, 0.25) is 0 Å². The van der Waals surface area contributed by atoms with E-state index in [0.717, 1.165) is 19.3 Å². The molecule has 3 aliphatic heterocycles. The highest BCUT2D eigenvalue weighted by Gasteiger charge is 2.31. The molecule has 12 nitrogen and oxygen atoms in total. The van der Waals surface area contributed by atoms with Crippen molar-refractivity contribution >= 4 is 35.4 Å². The van der Waals surface area contributed by atoms with E-state index in [4.69, 9.17) is 17.2 Å². The number of hydrogen-bond donors (Lipinski definition) is 3. The molecule has 0 radical (unpaired) electrons. The van der Waals surface area contributed by atoms with Gasteiger partial charge in [-0.2, -0.15) is 0 Å². The molecule has 0 saturated carbocycles. The summed E-state index contributed by atoms with van der Waals surface area (Å²) < 4.78 is 0. The number of amides is 6. The summed E-state index contributed by atoms with van der Waals surface area (Å²) in [6, 6.07) is -0.778. The second-order valence-corrected chi connectivity index (χ2v) is 8.72. The number of nitrogens with zero attached hydrogens (tertiary/aromatic N) is 3. The van der Waals surface area contributed by atoms with E-state index in [9.17, 15) is 28.8 Å². The molecule has 0 aromatic carbocycles. The third kappa shape index (κ3) is 8.35. The number of allylic oxidation sites excluding steroid dienone is 1. The summed E-state index contributed by atoms with van der Waals surface area (Å²) in [6.07, 6.45) is 6.94. The van der Waals surface area contributed by atoms with Crippen LogP contribution >= 0.6 is 0 Å². The standard InChI is InChI=1S/2C8H14N2O2.C8H12N2O2/c3*1-2-6(8(9)12)10-5-3-4-7(10)11/h2*6H,2-5H2,1H3,(H2,9,12);2H,3-5H2,1H3,(H2,9,12)/t6-;;/m0../s1. The fraction of sp³-hybridized carbons (Fsp3) is 0.667. The fourth-order valence-corrected chi connectivity index (χ4v) is 4.48. The van der Waals surface area contributed by atoms with Crippen molar-refractivity contribution in [1.29, 1.82) is 0 Å². The molecule has 3 fully saturated rings. The van der Waals surface area contributed by atoms with Gasteiger partial charge in [-0.05, 0) is 39.0 Å². The van der Waals surface area contributed by atoms with Gasteiger partial charge in [-0.3, -0.25) is 28.8 Å². The third-order valence-electron chi connectivity index (χ3n) is 6.29. The number of nitrogens with two attached hydrogens (primary N) is 3. The van der Waals surface area contributed by atoms with Crippen LogP contribution in [-0.2, 0) is 28.8 Å². The molecule has 6 N–H and O–H groups in total. The lowest BCUT2D eigenvalue weighted by atomic mass is 10.2. The van der Waals surface area contributed by atoms with Crippen molar-refractivity contribution in [1.82, 2.24) is 14.7 Å². The number of primary amides is 3. The Morgan fingerprint density at radius 2 is 1.14 bits per heavy atom. The van der Waals surface area contributed by atoms with Gasteiger partial charge in [0.05, 0.1) is 0 Å². The highest BCUT2D eigenvalue weighted by molar-refractivity contribution is 5.96. The molecule has 3 rings (SSSR count). The molecule has 12 heteroatoms. The van der Waals surface area contributed by atoms with Gasteiger partial charge in [0.1, 0.15) is 17.8 Å². The van der Waals surface area contributed by atoms with Crippen molar-refractivity contribution in [3.8, 4) is 0 Å². The molecule has 3 heterocycles. The zero-order valence-electron chi connectivity index (χ0n) is 21.5. The Bertz CT molecular complexity index is 829. The maximum Gasteiger partial charge on any atom is 0.265 e. The topological polar surface area (TPSA) is 190 Å². The van der Waals surface area contributed by atoms with Crippen LogP contribution in [-0.4, -0.2) is 81.9 Å². The number of carbonyl (C=O) groups is 6. The average Bonchev–Trinajstić information content (AvgIpc) is 3.54. The monoisotopic (exact) mass is 508 g/mol. The van der Waals surface area contributed by atoms with E-state index < -0.39 is 17.7 Å². The summed E-state index contributed by atoms with van der Waals surface area (Å²) in [6.45, 7) is 7.40. The molecule has 3 saturated heterocycles. The minimum absolute atomic E-state index is 0.0121. The van der Waals surface area contributed by atoms with Crippen LogP contribution in [0.4, 0.5) is 0 Å². The summed E-state index contributed by atoms with van der Waals surface area (Å²) in [5.41, 5.74) is 15.7. The van der Waals surface area contributed by atoms with Crippen LogP contribution in [0.25, 0.3) is 0 Å². The molecule has 1 unspecified atom stereocenters. The molecule has 0 aliphatic carbocycles. The Labute approximate surface area is 212 Å². The normalized spacial score (nSPS) is 19.4. The molecule has 0 aromatic heterocycles. The molecule has 0 spiro atoms. The Balaban J connectivity index is 0.000000270. The van der Waals surface area contributed by atoms with Crippen LogP contribution in [0.15, 0.2) is 11.8 Å². The van der Waals surface area contributed by atoms with Crippen molar-refractivity contribution in [2.75, 3.05) is 19.6 Å². The Hall–Kier alpha value is -3.44. The van der Waals surface area contributed by atoms with Gasteiger partial charge in [0, 0.05) is 38.9 Å². The molecular formula is C24H40N6O6. The van der Waals surface area contributed by atoms with Gasteiger partial charge in [-0.25, -0.2) is 0 Å². The van der Waals surface area contributed by atoms with E-state index in [1.807, 2.05) is 13.8 Å². The molecule has 6 amide bonds. The van der Waals surface area contributed by atoms with Crippen molar-refractivity contribution in [3.05, 3.63) is 11.8 Å². The molecule has 202 valence electrons. The average molecular weight is 509 g/mol. The van der Waals surface area contributed by atoms with E-state index in [0.29, 0.717) is 57.4 Å². The Kier molecular flexibility index (Phi) is 12.6. The van der Waals surface area contributed by atoms with Gasteiger partial charge in [-0.15, -0.1) is 0 Å². The maximum absolute atomic E-state index is 11.2. The van der Waals surface area contributed by atoms with Gasteiger partial charge in [0.2, 0.25) is 29.5 Å². The third-order valence-corrected chi connectivity index (χ3v) is 6.29. The van der Waals surface area contributed by atoms with Gasteiger partial charge in [0.15, 0.2) is 0 Å². The van der Waals surface area contributed by atoms with Gasteiger partial charge < -0.3 is 31.9 Å². The summed E-state index contributed by atoms with van der Waals surface area (Å²) in [5.74, 6) is -1.23. The zero-order chi connectivity index (χ0) is 27.4. The van der Waals surface area contributed by atoms with Crippen LogP contribution in [0.1, 0.15) is 72.1 Å². The first kappa shape index (κ1) is 30.6. The van der Waals surface area contributed by atoms with Crippen molar-refractivity contribution in [2.24, 2.45) is 17.2 Å². The zero-order valence-corrected chi connectivity index (χ0v) is 21.5. The van der Waals surface area contributed by atoms with Crippen LogP contribution < -0.4 is 17.2 Å². The highest BCUT2D eigenvalue weighted by Crippen LogP contribution is 2.17. The van der Waals surface area contributed by atoms with Gasteiger partial charge >= 0.3 is 0 Å². The molecule has 36 heavy (non-hydrogen) atoms. The smallest absolute Gasteiger partial charge is 0.265 e. The van der Waals surface area contributed by atoms with E-state index in [1.165, 1.54) is 4.90 Å². The number of likely N-dealkylation sites (tertiary alicyclic amines) is 3. The summed E-state index contributed by atoms with van der Waals surface area (Å²) in [5, 5.41) is 0. The molecule has 0 bridgehead atoms. The molecule has 3 aliphatic rings. The number of hydrogen-bond acceptors (Lipinski definition) is 6. The predicted molar refractivity (Wildman–Crippen MR) is 132 cm³/mol. The largest absolute Gasteiger partial charge is 0.368 e.